The zero-order chi connectivity index (χ0) is 23.9. The molecule has 2 aromatic rings. The molecule has 1 heterocycles. The number of carbonyl (C=O) groups is 1. The van der Waals surface area contributed by atoms with Crippen LogP contribution in [-0.4, -0.2) is 53.1 Å². The highest BCUT2D eigenvalue weighted by Gasteiger charge is 2.36. The summed E-state index contributed by atoms with van der Waals surface area (Å²) in [4.78, 5) is 16.7. The van der Waals surface area contributed by atoms with Crippen LogP contribution in [0.2, 0.25) is 0 Å². The second-order valence-corrected chi connectivity index (χ2v) is 8.28. The Balaban J connectivity index is 2.08. The molecular formula is C24H34N2O6. The Kier molecular flexibility index (Phi) is 9.00. The predicted octanol–water partition coefficient (Wildman–Crippen LogP) is 2.98. The first kappa shape index (κ1) is 25.6. The van der Waals surface area contributed by atoms with E-state index in [0.29, 0.717) is 6.42 Å². The molecule has 32 heavy (non-hydrogen) atoms. The summed E-state index contributed by atoms with van der Waals surface area (Å²) in [5.41, 5.74) is 0.536. The van der Waals surface area contributed by atoms with Crippen LogP contribution in [0.3, 0.4) is 0 Å². The monoisotopic (exact) mass is 446 g/mol. The van der Waals surface area contributed by atoms with Crippen molar-refractivity contribution in [1.82, 2.24) is 10.3 Å². The standard InChI is InChI=1S/C24H34N2O6/c1-15(26-22(28)20-21(27)19(30-5)12-13-25-20)23(29)32-16(2)18(24(3,4)31-6)14-17-10-8-7-9-11-17/h7-13,15-16,18,22,26-28H,14H2,1-6H3/t15-,16-,18-,22?/m0/s1. The highest BCUT2D eigenvalue weighted by atomic mass is 16.5. The average Bonchev–Trinajstić information content (AvgIpc) is 2.77. The number of pyridine rings is 1. The number of benzene rings is 1. The number of nitrogens with zero attached hydrogens (tertiary/aromatic N) is 1. The maximum absolute atomic E-state index is 12.8. The van der Waals surface area contributed by atoms with Gasteiger partial charge in [0, 0.05) is 25.3 Å². The number of esters is 1. The summed E-state index contributed by atoms with van der Waals surface area (Å²) < 4.78 is 16.5. The van der Waals surface area contributed by atoms with E-state index in [1.165, 1.54) is 19.4 Å². The van der Waals surface area contributed by atoms with Crippen LogP contribution in [0.25, 0.3) is 0 Å². The molecule has 4 atom stereocenters. The number of rotatable bonds is 11. The Morgan fingerprint density at radius 3 is 2.41 bits per heavy atom. The Labute approximate surface area is 189 Å². The minimum Gasteiger partial charge on any atom is -0.503 e. The fraction of sp³-hybridized carbons (Fsp3) is 0.500. The van der Waals surface area contributed by atoms with Crippen LogP contribution in [0.15, 0.2) is 42.6 Å². The zero-order valence-electron chi connectivity index (χ0n) is 19.5. The molecule has 0 aliphatic carbocycles. The van der Waals surface area contributed by atoms with Crippen molar-refractivity contribution in [2.24, 2.45) is 5.92 Å². The molecule has 8 nitrogen and oxygen atoms in total. The number of aromatic hydroxyl groups is 1. The first-order valence-electron chi connectivity index (χ1n) is 10.6. The van der Waals surface area contributed by atoms with Crippen molar-refractivity contribution in [2.75, 3.05) is 14.2 Å². The topological polar surface area (TPSA) is 110 Å². The molecule has 8 heteroatoms. The van der Waals surface area contributed by atoms with Gasteiger partial charge < -0.3 is 24.4 Å². The lowest BCUT2D eigenvalue weighted by Gasteiger charge is -2.37. The van der Waals surface area contributed by atoms with E-state index < -0.39 is 29.9 Å². The molecule has 1 aromatic carbocycles. The number of methoxy groups -OCH3 is 2. The summed E-state index contributed by atoms with van der Waals surface area (Å²) in [6, 6.07) is 10.6. The molecule has 0 saturated heterocycles. The number of aromatic nitrogens is 1. The van der Waals surface area contributed by atoms with Crippen molar-refractivity contribution in [3.8, 4) is 11.5 Å². The minimum absolute atomic E-state index is 0.0421. The van der Waals surface area contributed by atoms with Crippen molar-refractivity contribution in [2.45, 2.75) is 58.1 Å². The van der Waals surface area contributed by atoms with Crippen molar-refractivity contribution >= 4 is 5.97 Å². The van der Waals surface area contributed by atoms with E-state index in [2.05, 4.69) is 10.3 Å². The molecule has 0 fully saturated rings. The van der Waals surface area contributed by atoms with Crippen LogP contribution in [-0.2, 0) is 20.7 Å². The largest absolute Gasteiger partial charge is 0.503 e. The van der Waals surface area contributed by atoms with E-state index in [-0.39, 0.29) is 23.1 Å². The molecule has 176 valence electrons. The summed E-state index contributed by atoms with van der Waals surface area (Å²) in [5.74, 6) is -0.775. The van der Waals surface area contributed by atoms with Gasteiger partial charge in [-0.1, -0.05) is 30.3 Å². The third kappa shape index (κ3) is 6.41. The van der Waals surface area contributed by atoms with E-state index in [9.17, 15) is 15.0 Å². The van der Waals surface area contributed by atoms with E-state index in [4.69, 9.17) is 14.2 Å². The predicted molar refractivity (Wildman–Crippen MR) is 120 cm³/mol. The number of nitrogens with one attached hydrogen (secondary N) is 1. The van der Waals surface area contributed by atoms with Gasteiger partial charge in [0.25, 0.3) is 0 Å². The highest BCUT2D eigenvalue weighted by Crippen LogP contribution is 2.31. The van der Waals surface area contributed by atoms with Gasteiger partial charge in [0.2, 0.25) is 0 Å². The van der Waals surface area contributed by atoms with Gasteiger partial charge in [-0.2, -0.15) is 0 Å². The third-order valence-corrected chi connectivity index (χ3v) is 5.74. The maximum Gasteiger partial charge on any atom is 0.323 e. The Bertz CT molecular complexity index is 874. The molecule has 0 aliphatic heterocycles. The smallest absolute Gasteiger partial charge is 0.323 e. The summed E-state index contributed by atoms with van der Waals surface area (Å²) in [7, 11) is 3.04. The molecule has 1 aromatic heterocycles. The summed E-state index contributed by atoms with van der Waals surface area (Å²) in [5, 5.41) is 23.3. The van der Waals surface area contributed by atoms with E-state index in [1.54, 1.807) is 14.0 Å². The van der Waals surface area contributed by atoms with Gasteiger partial charge >= 0.3 is 5.97 Å². The van der Waals surface area contributed by atoms with Crippen molar-refractivity contribution in [1.29, 1.82) is 0 Å². The summed E-state index contributed by atoms with van der Waals surface area (Å²) in [6.45, 7) is 7.34. The SMILES string of the molecule is COc1ccnc(C(O)N[C@@H](C)C(=O)O[C@@H](C)[C@H](Cc2ccccc2)C(C)(C)OC)c1O. The second kappa shape index (κ2) is 11.3. The normalized spacial score (nSPS) is 15.5. The van der Waals surface area contributed by atoms with Gasteiger partial charge in [0.1, 0.15) is 17.8 Å². The number of aliphatic hydroxyl groups excluding tert-OH is 1. The number of carbonyl (C=O) groups excluding carboxylic acids is 1. The van der Waals surface area contributed by atoms with Crippen LogP contribution >= 0.6 is 0 Å². The zero-order valence-corrected chi connectivity index (χ0v) is 19.5. The lowest BCUT2D eigenvalue weighted by molar-refractivity contribution is -0.160. The van der Waals surface area contributed by atoms with Crippen molar-refractivity contribution < 1.29 is 29.2 Å². The van der Waals surface area contributed by atoms with Gasteiger partial charge in [0.05, 0.1) is 12.7 Å². The molecule has 0 radical (unpaired) electrons. The Morgan fingerprint density at radius 1 is 1.16 bits per heavy atom. The second-order valence-electron chi connectivity index (χ2n) is 8.28. The van der Waals surface area contributed by atoms with Crippen LogP contribution in [0.5, 0.6) is 11.5 Å². The Morgan fingerprint density at radius 2 is 1.81 bits per heavy atom. The number of hydrogen-bond donors (Lipinski definition) is 3. The number of ether oxygens (including phenoxy) is 3. The first-order chi connectivity index (χ1) is 15.1. The Hall–Kier alpha value is -2.68. The third-order valence-electron chi connectivity index (χ3n) is 5.74. The minimum atomic E-state index is -1.39. The van der Waals surface area contributed by atoms with Gasteiger partial charge in [-0.05, 0) is 39.7 Å². The summed E-state index contributed by atoms with van der Waals surface area (Å²) >= 11 is 0. The fourth-order valence-electron chi connectivity index (χ4n) is 3.56. The van der Waals surface area contributed by atoms with Gasteiger partial charge in [-0.15, -0.1) is 0 Å². The lowest BCUT2D eigenvalue weighted by Crippen LogP contribution is -2.46. The van der Waals surface area contributed by atoms with Crippen LogP contribution in [0.1, 0.15) is 45.2 Å². The molecule has 0 aliphatic rings. The number of hydrogen-bond acceptors (Lipinski definition) is 8. The molecule has 2 rings (SSSR count). The molecule has 0 spiro atoms. The average molecular weight is 447 g/mol. The summed E-state index contributed by atoms with van der Waals surface area (Å²) in [6.07, 6.45) is 0.216. The van der Waals surface area contributed by atoms with Crippen molar-refractivity contribution in [3.05, 3.63) is 53.9 Å². The fourth-order valence-corrected chi connectivity index (χ4v) is 3.56. The molecule has 0 bridgehead atoms. The van der Waals surface area contributed by atoms with Crippen LogP contribution < -0.4 is 10.1 Å². The van der Waals surface area contributed by atoms with Crippen LogP contribution in [0, 0.1) is 5.92 Å². The molecule has 0 saturated carbocycles. The van der Waals surface area contributed by atoms with Crippen LogP contribution in [0.4, 0.5) is 0 Å². The van der Waals surface area contributed by atoms with Gasteiger partial charge in [-0.25, -0.2) is 0 Å². The molecule has 3 N–H and O–H groups in total. The number of aliphatic hydroxyl groups is 1. The van der Waals surface area contributed by atoms with E-state index in [1.807, 2.05) is 51.1 Å². The highest BCUT2D eigenvalue weighted by molar-refractivity contribution is 5.75. The maximum atomic E-state index is 12.8. The van der Waals surface area contributed by atoms with E-state index >= 15 is 0 Å². The molecule has 0 amide bonds. The quantitative estimate of drug-likeness (QED) is 0.357. The van der Waals surface area contributed by atoms with Gasteiger partial charge in [0.15, 0.2) is 17.7 Å². The molecular weight excluding hydrogens is 412 g/mol. The molecule has 1 unspecified atom stereocenters. The van der Waals surface area contributed by atoms with E-state index in [0.717, 1.165) is 5.56 Å². The first-order valence-corrected chi connectivity index (χ1v) is 10.6. The van der Waals surface area contributed by atoms with Gasteiger partial charge in [-0.3, -0.25) is 15.1 Å². The van der Waals surface area contributed by atoms with Crippen molar-refractivity contribution in [3.63, 3.8) is 0 Å². The lowest BCUT2D eigenvalue weighted by atomic mass is 9.81.